The second kappa shape index (κ2) is 13.3. The minimum absolute atomic E-state index is 0.170. The zero-order valence-corrected chi connectivity index (χ0v) is 25.4. The molecule has 5 rings (SSSR count). The van der Waals surface area contributed by atoms with Gasteiger partial charge in [-0.25, -0.2) is 0 Å². The molecule has 1 aliphatic rings. The Morgan fingerprint density at radius 2 is 1.76 bits per heavy atom. The number of rotatable bonds is 11. The normalized spacial score (nSPS) is 15.7. The lowest BCUT2D eigenvalue weighted by atomic mass is 9.90. The number of likely N-dealkylation sites (tertiary alicyclic amines) is 1. The first-order chi connectivity index (χ1) is 21.9. The number of aliphatic hydroxyl groups is 1. The van der Waals surface area contributed by atoms with Crippen LogP contribution in [0.5, 0.6) is 17.2 Å². The molecule has 1 saturated heterocycles. The summed E-state index contributed by atoms with van der Waals surface area (Å²) in [5.41, 5.74) is -1.48. The zero-order valence-electron chi connectivity index (χ0n) is 25.4. The fourth-order valence-corrected chi connectivity index (χ4v) is 5.90. The van der Waals surface area contributed by atoms with Crippen molar-refractivity contribution in [2.24, 2.45) is 0 Å². The molecule has 1 aromatic heterocycles. The van der Waals surface area contributed by atoms with E-state index in [2.05, 4.69) is 0 Å². The van der Waals surface area contributed by atoms with Gasteiger partial charge in [-0.05, 0) is 60.4 Å². The fourth-order valence-electron chi connectivity index (χ4n) is 5.90. The van der Waals surface area contributed by atoms with Gasteiger partial charge in [0.1, 0.15) is 11.9 Å². The summed E-state index contributed by atoms with van der Waals surface area (Å²) >= 11 is 0. The van der Waals surface area contributed by atoms with E-state index in [1.807, 2.05) is 12.1 Å². The van der Waals surface area contributed by atoms with E-state index in [0.717, 1.165) is 5.56 Å². The predicted molar refractivity (Wildman–Crippen MR) is 163 cm³/mol. The number of aliphatic carboxylic acids is 1. The third kappa shape index (κ3) is 6.90. The molecule has 2 heterocycles. The molecule has 1 unspecified atom stereocenters. The van der Waals surface area contributed by atoms with Crippen molar-refractivity contribution in [2.45, 2.75) is 43.7 Å². The van der Waals surface area contributed by atoms with Crippen LogP contribution in [0.4, 0.5) is 13.2 Å². The largest absolute Gasteiger partial charge is 0.497 e. The standard InChI is InChI=1S/C34H34F3N3O6/c1-44-26-5-3-4-24(14-26)19-40-20-28(27-8-6-23(18-38)15-29(27)40)33(43,34(35,36)37)21-39-12-10-25(11-13-39)46-30-9-7-22(17-32(41)42)16-31(30)45-2/h3-9,14-16,20,25,43H,10-13,17,19,21H2,1-2H3,(H,41,42). The highest BCUT2D eigenvalue weighted by atomic mass is 19.4. The van der Waals surface area contributed by atoms with Crippen LogP contribution in [0.15, 0.2) is 66.9 Å². The van der Waals surface area contributed by atoms with E-state index in [1.54, 1.807) is 45.9 Å². The molecular weight excluding hydrogens is 603 g/mol. The van der Waals surface area contributed by atoms with Crippen molar-refractivity contribution in [1.82, 2.24) is 9.47 Å². The van der Waals surface area contributed by atoms with E-state index in [9.17, 15) is 28.3 Å². The van der Waals surface area contributed by atoms with Gasteiger partial charge in [-0.2, -0.15) is 18.4 Å². The van der Waals surface area contributed by atoms with Crippen LogP contribution in [0.1, 0.15) is 35.1 Å². The lowest BCUT2D eigenvalue weighted by Gasteiger charge is -2.39. The van der Waals surface area contributed by atoms with Crippen molar-refractivity contribution in [2.75, 3.05) is 33.9 Å². The van der Waals surface area contributed by atoms with Crippen LogP contribution >= 0.6 is 0 Å². The van der Waals surface area contributed by atoms with Gasteiger partial charge in [-0.1, -0.05) is 24.3 Å². The third-order valence-electron chi connectivity index (χ3n) is 8.28. The molecule has 0 radical (unpaired) electrons. The fraction of sp³-hybridized carbons (Fsp3) is 0.353. The maximum Gasteiger partial charge on any atom is 0.422 e. The number of carboxylic acid groups (broad SMARTS) is 1. The van der Waals surface area contributed by atoms with Crippen LogP contribution in [0.25, 0.3) is 10.9 Å². The number of aromatic nitrogens is 1. The van der Waals surface area contributed by atoms with E-state index in [-0.39, 0.29) is 48.7 Å². The van der Waals surface area contributed by atoms with Crippen molar-refractivity contribution in [1.29, 1.82) is 5.26 Å². The highest BCUT2D eigenvalue weighted by Gasteiger charge is 2.57. The summed E-state index contributed by atoms with van der Waals surface area (Å²) in [7, 11) is 2.97. The Morgan fingerprint density at radius 3 is 2.41 bits per heavy atom. The third-order valence-corrected chi connectivity index (χ3v) is 8.28. The number of piperidine rings is 1. The average Bonchev–Trinajstić information content (AvgIpc) is 3.39. The smallest absolute Gasteiger partial charge is 0.422 e. The molecule has 4 aromatic rings. The number of carboxylic acids is 1. The van der Waals surface area contributed by atoms with Gasteiger partial charge in [0, 0.05) is 43.3 Å². The molecule has 0 amide bonds. The minimum Gasteiger partial charge on any atom is -0.497 e. The zero-order chi connectivity index (χ0) is 33.1. The Balaban J connectivity index is 1.38. The van der Waals surface area contributed by atoms with Gasteiger partial charge in [0.25, 0.3) is 0 Å². The highest BCUT2D eigenvalue weighted by molar-refractivity contribution is 5.86. The molecule has 46 heavy (non-hydrogen) atoms. The van der Waals surface area contributed by atoms with Crippen LogP contribution in [0.2, 0.25) is 0 Å². The van der Waals surface area contributed by atoms with E-state index in [0.29, 0.717) is 41.2 Å². The summed E-state index contributed by atoms with van der Waals surface area (Å²) < 4.78 is 63.0. The van der Waals surface area contributed by atoms with E-state index < -0.39 is 24.3 Å². The van der Waals surface area contributed by atoms with Gasteiger partial charge in [-0.3, -0.25) is 9.69 Å². The van der Waals surface area contributed by atoms with Gasteiger partial charge in [0.2, 0.25) is 5.60 Å². The molecule has 12 heteroatoms. The van der Waals surface area contributed by atoms with Crippen LogP contribution in [-0.2, 0) is 23.4 Å². The number of hydrogen-bond acceptors (Lipinski definition) is 7. The number of benzene rings is 3. The van der Waals surface area contributed by atoms with Crippen molar-refractivity contribution in [3.05, 3.63) is 89.1 Å². The van der Waals surface area contributed by atoms with Gasteiger partial charge >= 0.3 is 12.1 Å². The number of nitriles is 1. The summed E-state index contributed by atoms with van der Waals surface area (Å²) in [4.78, 5) is 12.6. The van der Waals surface area contributed by atoms with Crippen LogP contribution in [-0.4, -0.2) is 71.8 Å². The molecule has 3 aromatic carbocycles. The average molecular weight is 638 g/mol. The molecule has 1 atom stereocenters. The molecule has 0 aliphatic carbocycles. The van der Waals surface area contributed by atoms with Crippen molar-refractivity contribution < 1.29 is 42.4 Å². The van der Waals surface area contributed by atoms with Gasteiger partial charge < -0.3 is 29.0 Å². The number of alkyl halides is 3. The number of methoxy groups -OCH3 is 2. The van der Waals surface area contributed by atoms with Crippen molar-refractivity contribution in [3.63, 3.8) is 0 Å². The summed E-state index contributed by atoms with van der Waals surface area (Å²) in [5, 5.41) is 30.3. The summed E-state index contributed by atoms with van der Waals surface area (Å²) in [6, 6.07) is 18.5. The number of carbonyl (C=O) groups is 1. The number of hydrogen-bond donors (Lipinski definition) is 2. The second-order valence-corrected chi connectivity index (χ2v) is 11.4. The maximum absolute atomic E-state index is 14.9. The Hall–Kier alpha value is -4.73. The first-order valence-corrected chi connectivity index (χ1v) is 14.7. The topological polar surface area (TPSA) is 117 Å². The summed E-state index contributed by atoms with van der Waals surface area (Å²) in [6.07, 6.45) is -3.36. The Kier molecular flexibility index (Phi) is 9.46. The number of ether oxygens (including phenoxy) is 3. The lowest BCUT2D eigenvalue weighted by molar-refractivity contribution is -0.272. The SMILES string of the molecule is COc1cccc(Cn2cc(C(O)(CN3CCC(Oc4ccc(CC(=O)O)cc4OC)CC3)C(F)(F)F)c3ccc(C#N)cc32)c1. The Bertz CT molecular complexity index is 1760. The molecule has 9 nitrogen and oxygen atoms in total. The Morgan fingerprint density at radius 1 is 1.00 bits per heavy atom. The van der Waals surface area contributed by atoms with Crippen molar-refractivity contribution in [3.8, 4) is 23.3 Å². The van der Waals surface area contributed by atoms with Gasteiger partial charge in [-0.15, -0.1) is 0 Å². The molecule has 0 spiro atoms. The van der Waals surface area contributed by atoms with Gasteiger partial charge in [0.15, 0.2) is 11.5 Å². The lowest BCUT2D eigenvalue weighted by Crippen LogP contribution is -2.53. The molecule has 242 valence electrons. The molecule has 1 fully saturated rings. The molecule has 0 saturated carbocycles. The van der Waals surface area contributed by atoms with E-state index in [1.165, 1.54) is 38.6 Å². The number of β-amino-alcohol motifs (C(OH)–C–C–N with tert-alkyl or cyclic N) is 1. The van der Waals surface area contributed by atoms with Crippen LogP contribution in [0.3, 0.4) is 0 Å². The summed E-state index contributed by atoms with van der Waals surface area (Å²) in [5.74, 6) is 0.412. The van der Waals surface area contributed by atoms with Crippen LogP contribution in [0, 0.1) is 11.3 Å². The molecule has 2 N–H and O–H groups in total. The highest BCUT2D eigenvalue weighted by Crippen LogP contribution is 2.44. The first-order valence-electron chi connectivity index (χ1n) is 14.7. The summed E-state index contributed by atoms with van der Waals surface area (Å²) in [6.45, 7) is -0.0122. The first kappa shape index (κ1) is 32.7. The second-order valence-electron chi connectivity index (χ2n) is 11.4. The van der Waals surface area contributed by atoms with Crippen molar-refractivity contribution >= 4 is 16.9 Å². The van der Waals surface area contributed by atoms with E-state index >= 15 is 0 Å². The molecule has 0 bridgehead atoms. The quantitative estimate of drug-likeness (QED) is 0.222. The molecule has 1 aliphatic heterocycles. The predicted octanol–water partition coefficient (Wildman–Crippen LogP) is 5.50. The van der Waals surface area contributed by atoms with Crippen LogP contribution < -0.4 is 14.2 Å². The van der Waals surface area contributed by atoms with Gasteiger partial charge in [0.05, 0.1) is 37.8 Å². The monoisotopic (exact) mass is 637 g/mol. The number of fused-ring (bicyclic) bond motifs is 1. The Labute approximate surface area is 263 Å². The number of nitrogens with zero attached hydrogens (tertiary/aromatic N) is 3. The van der Waals surface area contributed by atoms with E-state index in [4.69, 9.17) is 19.3 Å². The number of halogens is 3. The maximum atomic E-state index is 14.9. The minimum atomic E-state index is -5.01. The molecular formula is C34H34F3N3O6.